The van der Waals surface area contributed by atoms with Crippen LogP contribution in [-0.2, 0) is 6.54 Å². The summed E-state index contributed by atoms with van der Waals surface area (Å²) >= 11 is 1.49. The molecule has 1 aromatic heterocycles. The Balaban J connectivity index is 2.22. The van der Waals surface area contributed by atoms with E-state index in [4.69, 9.17) is 6.42 Å². The predicted molar refractivity (Wildman–Crippen MR) is 99.2 cm³/mol. The molecule has 3 aromatic rings. The van der Waals surface area contributed by atoms with Gasteiger partial charge < -0.3 is 4.57 Å². The van der Waals surface area contributed by atoms with E-state index in [1.54, 1.807) is 0 Å². The number of hydrogen-bond donors (Lipinski definition) is 0. The molecule has 0 atom stereocenters. The Bertz CT molecular complexity index is 1050. The maximum Gasteiger partial charge on any atom is 0.279 e. The van der Waals surface area contributed by atoms with Crippen LogP contribution in [0.2, 0.25) is 0 Å². The summed E-state index contributed by atoms with van der Waals surface area (Å²) in [7, 11) is 0. The molecule has 120 valence electrons. The minimum Gasteiger partial charge on any atom is -0.304 e. The molecule has 4 heteroatoms. The minimum absolute atomic E-state index is 0.230. The first kappa shape index (κ1) is 16.2. The number of carbonyl (C=O) groups excluding carboxylic acids is 1. The van der Waals surface area contributed by atoms with Crippen LogP contribution in [0.25, 0.3) is 10.2 Å². The summed E-state index contributed by atoms with van der Waals surface area (Å²) in [6.45, 7) is 6.33. The fraction of sp³-hybridized carbons (Fsp3) is 0.200. The van der Waals surface area contributed by atoms with Crippen molar-refractivity contribution in [3.05, 3.63) is 63.5 Å². The van der Waals surface area contributed by atoms with Gasteiger partial charge in [-0.1, -0.05) is 47.1 Å². The monoisotopic (exact) mass is 334 g/mol. The van der Waals surface area contributed by atoms with Gasteiger partial charge in [-0.2, -0.15) is 4.99 Å². The number of carbonyl (C=O) groups is 1. The third-order valence-corrected chi connectivity index (χ3v) is 5.02. The van der Waals surface area contributed by atoms with Crippen LogP contribution in [0.1, 0.15) is 27.0 Å². The van der Waals surface area contributed by atoms with Crippen molar-refractivity contribution >= 4 is 27.5 Å². The van der Waals surface area contributed by atoms with Gasteiger partial charge in [-0.3, -0.25) is 4.79 Å². The van der Waals surface area contributed by atoms with Crippen LogP contribution in [-0.4, -0.2) is 10.5 Å². The van der Waals surface area contributed by atoms with Crippen molar-refractivity contribution in [2.24, 2.45) is 4.99 Å². The van der Waals surface area contributed by atoms with Crippen LogP contribution >= 0.6 is 11.3 Å². The van der Waals surface area contributed by atoms with Crippen LogP contribution in [0.4, 0.5) is 0 Å². The van der Waals surface area contributed by atoms with E-state index < -0.39 is 0 Å². The van der Waals surface area contributed by atoms with Crippen molar-refractivity contribution in [3.63, 3.8) is 0 Å². The van der Waals surface area contributed by atoms with Crippen molar-refractivity contribution < 1.29 is 4.79 Å². The number of amides is 1. The van der Waals surface area contributed by atoms with Gasteiger partial charge in [0.1, 0.15) is 0 Å². The summed E-state index contributed by atoms with van der Waals surface area (Å²) in [4.78, 5) is 17.7. The summed E-state index contributed by atoms with van der Waals surface area (Å²) in [5.41, 5.74) is 4.78. The normalized spacial score (nSPS) is 11.7. The number of terminal acetylenes is 1. The van der Waals surface area contributed by atoms with Gasteiger partial charge in [0.25, 0.3) is 5.91 Å². The molecule has 0 radical (unpaired) electrons. The van der Waals surface area contributed by atoms with Gasteiger partial charge in [-0.15, -0.1) is 6.42 Å². The van der Waals surface area contributed by atoms with Crippen LogP contribution in [0.3, 0.4) is 0 Å². The Morgan fingerprint density at radius 3 is 2.75 bits per heavy atom. The van der Waals surface area contributed by atoms with E-state index in [0.717, 1.165) is 26.9 Å². The molecule has 0 bridgehead atoms. The van der Waals surface area contributed by atoms with Gasteiger partial charge in [0.15, 0.2) is 4.80 Å². The zero-order valence-electron chi connectivity index (χ0n) is 14.0. The van der Waals surface area contributed by atoms with Crippen LogP contribution in [0.15, 0.2) is 41.4 Å². The molecule has 2 aromatic carbocycles. The second kappa shape index (κ2) is 6.46. The lowest BCUT2D eigenvalue weighted by Crippen LogP contribution is -2.17. The number of nitrogens with zero attached hydrogens (tertiary/aromatic N) is 2. The molecule has 0 unspecified atom stereocenters. The molecule has 3 nitrogen and oxygen atoms in total. The fourth-order valence-corrected chi connectivity index (χ4v) is 3.85. The average molecular weight is 334 g/mol. The zero-order valence-corrected chi connectivity index (χ0v) is 14.8. The van der Waals surface area contributed by atoms with Crippen LogP contribution in [0, 0.1) is 33.1 Å². The minimum atomic E-state index is -0.230. The van der Waals surface area contributed by atoms with Gasteiger partial charge >= 0.3 is 0 Å². The second-order valence-electron chi connectivity index (χ2n) is 5.83. The van der Waals surface area contributed by atoms with E-state index in [1.165, 1.54) is 11.3 Å². The Morgan fingerprint density at radius 1 is 1.21 bits per heavy atom. The molecule has 0 aliphatic heterocycles. The number of hydrogen-bond acceptors (Lipinski definition) is 2. The highest BCUT2D eigenvalue weighted by Gasteiger charge is 2.12. The van der Waals surface area contributed by atoms with Crippen molar-refractivity contribution in [3.8, 4) is 12.3 Å². The number of benzene rings is 2. The highest BCUT2D eigenvalue weighted by atomic mass is 32.1. The van der Waals surface area contributed by atoms with E-state index in [-0.39, 0.29) is 5.91 Å². The number of thiazole rings is 1. The Hall–Kier alpha value is -2.64. The maximum atomic E-state index is 12.7. The van der Waals surface area contributed by atoms with Crippen molar-refractivity contribution in [2.45, 2.75) is 27.3 Å². The summed E-state index contributed by atoms with van der Waals surface area (Å²) in [6, 6.07) is 11.9. The quantitative estimate of drug-likeness (QED) is 0.652. The summed E-state index contributed by atoms with van der Waals surface area (Å²) in [6.07, 6.45) is 5.52. The molecule has 0 N–H and O–H groups in total. The fourth-order valence-electron chi connectivity index (χ4n) is 2.74. The number of aryl methyl sites for hydroxylation is 3. The molecule has 1 heterocycles. The molecule has 0 aliphatic rings. The first-order valence-electron chi connectivity index (χ1n) is 7.70. The molecule has 3 rings (SSSR count). The number of fused-ring (bicyclic) bond motifs is 1. The second-order valence-corrected chi connectivity index (χ2v) is 6.84. The average Bonchev–Trinajstić information content (AvgIpc) is 2.89. The van der Waals surface area contributed by atoms with Gasteiger partial charge in [0.05, 0.1) is 16.8 Å². The first-order chi connectivity index (χ1) is 11.5. The molecule has 0 saturated heterocycles. The Kier molecular flexibility index (Phi) is 4.37. The third kappa shape index (κ3) is 2.91. The Labute approximate surface area is 145 Å². The van der Waals surface area contributed by atoms with Crippen molar-refractivity contribution in [2.75, 3.05) is 0 Å². The number of rotatable bonds is 2. The topological polar surface area (TPSA) is 34.4 Å². The van der Waals surface area contributed by atoms with Gasteiger partial charge in [0.2, 0.25) is 0 Å². The SMILES string of the molecule is C#CCn1c(=NC(=O)c2cc(C)ccc2C)sc2cccc(C)c21. The van der Waals surface area contributed by atoms with E-state index in [1.807, 2.05) is 61.7 Å². The van der Waals surface area contributed by atoms with E-state index >= 15 is 0 Å². The van der Waals surface area contributed by atoms with E-state index in [2.05, 4.69) is 10.9 Å². The summed E-state index contributed by atoms with van der Waals surface area (Å²) < 4.78 is 3.02. The lowest BCUT2D eigenvalue weighted by molar-refractivity contribution is 0.0997. The molecule has 24 heavy (non-hydrogen) atoms. The highest BCUT2D eigenvalue weighted by molar-refractivity contribution is 7.16. The molecule has 0 fully saturated rings. The zero-order chi connectivity index (χ0) is 17.3. The van der Waals surface area contributed by atoms with Gasteiger partial charge in [-0.25, -0.2) is 0 Å². The standard InChI is InChI=1S/C20H18N2OS/c1-5-11-22-18-15(4)7-6-8-17(18)24-20(22)21-19(23)16-12-13(2)9-10-14(16)3/h1,6-10,12H,11H2,2-4H3. The first-order valence-corrected chi connectivity index (χ1v) is 8.51. The van der Waals surface area contributed by atoms with Gasteiger partial charge in [-0.05, 0) is 44.0 Å². The summed E-state index contributed by atoms with van der Waals surface area (Å²) in [5, 5.41) is 0. The van der Waals surface area contributed by atoms with Gasteiger partial charge in [0, 0.05) is 5.56 Å². The molecule has 0 spiro atoms. The van der Waals surface area contributed by atoms with Crippen molar-refractivity contribution in [1.29, 1.82) is 0 Å². The van der Waals surface area contributed by atoms with E-state index in [0.29, 0.717) is 16.9 Å². The van der Waals surface area contributed by atoms with Crippen LogP contribution in [0.5, 0.6) is 0 Å². The smallest absolute Gasteiger partial charge is 0.279 e. The number of para-hydroxylation sites is 1. The maximum absolute atomic E-state index is 12.7. The lowest BCUT2D eigenvalue weighted by atomic mass is 10.1. The molecular weight excluding hydrogens is 316 g/mol. The lowest BCUT2D eigenvalue weighted by Gasteiger charge is -2.04. The van der Waals surface area contributed by atoms with Crippen LogP contribution < -0.4 is 4.80 Å². The van der Waals surface area contributed by atoms with Crippen molar-refractivity contribution in [1.82, 2.24) is 4.57 Å². The molecular formula is C20H18N2OS. The Morgan fingerprint density at radius 2 is 2.00 bits per heavy atom. The largest absolute Gasteiger partial charge is 0.304 e. The third-order valence-electron chi connectivity index (χ3n) is 3.97. The molecule has 0 aliphatic carbocycles. The predicted octanol–water partition coefficient (Wildman–Crippen LogP) is 4.00. The molecule has 1 amide bonds. The summed E-state index contributed by atoms with van der Waals surface area (Å²) in [5.74, 6) is 2.43. The molecule has 0 saturated carbocycles. The van der Waals surface area contributed by atoms with E-state index in [9.17, 15) is 4.79 Å². The number of aromatic nitrogens is 1. The highest BCUT2D eigenvalue weighted by Crippen LogP contribution is 2.21.